The molecule has 33 heavy (non-hydrogen) atoms. The van der Waals surface area contributed by atoms with Crippen molar-refractivity contribution in [2.45, 2.75) is 52.3 Å². The van der Waals surface area contributed by atoms with Crippen molar-refractivity contribution in [2.24, 2.45) is 0 Å². The minimum atomic E-state index is -0.618. The van der Waals surface area contributed by atoms with Crippen LogP contribution >= 0.6 is 0 Å². The second-order valence-corrected chi connectivity index (χ2v) is 9.12. The van der Waals surface area contributed by atoms with Crippen LogP contribution in [-0.4, -0.2) is 47.2 Å². The Balaban J connectivity index is 1.84. The standard InChI is InChI=1S/C26H33N3O4/c1-18(30)29(16-19-10-6-9-13-24(19)32-5)17-21(28-25(31)33-26(2,3)4)14-20-15-27-23-12-8-7-11-22(20)23/h6-13,15,21,27H,14,16-17H2,1-5H3,(H,28,31)/t21-/m1/s1. The number of aromatic amines is 1. The summed E-state index contributed by atoms with van der Waals surface area (Å²) in [7, 11) is 1.61. The van der Waals surface area contributed by atoms with Crippen molar-refractivity contribution in [3.8, 4) is 5.75 Å². The Bertz CT molecular complexity index is 1100. The van der Waals surface area contributed by atoms with Gasteiger partial charge in [0.25, 0.3) is 0 Å². The number of benzene rings is 2. The smallest absolute Gasteiger partial charge is 0.407 e. The molecule has 0 saturated heterocycles. The van der Waals surface area contributed by atoms with E-state index in [1.54, 1.807) is 12.0 Å². The van der Waals surface area contributed by atoms with Crippen LogP contribution in [-0.2, 0) is 22.5 Å². The number of nitrogens with one attached hydrogen (secondary N) is 2. The third-order valence-corrected chi connectivity index (χ3v) is 5.30. The molecule has 2 aromatic carbocycles. The number of carbonyl (C=O) groups is 2. The maximum Gasteiger partial charge on any atom is 0.407 e. The lowest BCUT2D eigenvalue weighted by Gasteiger charge is -2.29. The van der Waals surface area contributed by atoms with Crippen molar-refractivity contribution in [3.05, 3.63) is 65.9 Å². The lowest BCUT2D eigenvalue weighted by Crippen LogP contribution is -2.47. The van der Waals surface area contributed by atoms with Gasteiger partial charge in [0, 0.05) is 42.7 Å². The highest BCUT2D eigenvalue weighted by molar-refractivity contribution is 5.83. The first-order chi connectivity index (χ1) is 15.7. The van der Waals surface area contributed by atoms with Crippen molar-refractivity contribution in [3.63, 3.8) is 0 Å². The Morgan fingerprint density at radius 3 is 2.45 bits per heavy atom. The molecular formula is C26H33N3O4. The van der Waals surface area contributed by atoms with E-state index in [9.17, 15) is 9.59 Å². The van der Waals surface area contributed by atoms with Gasteiger partial charge >= 0.3 is 6.09 Å². The number of alkyl carbamates (subject to hydrolysis) is 1. The molecule has 0 aliphatic carbocycles. The molecule has 1 atom stereocenters. The Labute approximate surface area is 195 Å². The van der Waals surface area contributed by atoms with E-state index in [4.69, 9.17) is 9.47 Å². The summed E-state index contributed by atoms with van der Waals surface area (Å²) in [4.78, 5) is 30.1. The molecule has 0 aliphatic rings. The number of rotatable bonds is 8. The van der Waals surface area contributed by atoms with Gasteiger partial charge < -0.3 is 24.7 Å². The zero-order chi connectivity index (χ0) is 24.0. The monoisotopic (exact) mass is 451 g/mol. The zero-order valence-corrected chi connectivity index (χ0v) is 20.0. The average molecular weight is 452 g/mol. The van der Waals surface area contributed by atoms with Crippen LogP contribution in [0, 0.1) is 0 Å². The first kappa shape index (κ1) is 24.2. The minimum absolute atomic E-state index is 0.0872. The van der Waals surface area contributed by atoms with E-state index < -0.39 is 11.7 Å². The number of ether oxygens (including phenoxy) is 2. The molecule has 0 saturated carbocycles. The first-order valence-corrected chi connectivity index (χ1v) is 11.1. The number of hydrogen-bond acceptors (Lipinski definition) is 4. The molecule has 0 radical (unpaired) electrons. The zero-order valence-electron chi connectivity index (χ0n) is 20.0. The molecule has 1 heterocycles. The number of aromatic nitrogens is 1. The van der Waals surface area contributed by atoms with E-state index in [0.717, 1.165) is 27.8 Å². The fourth-order valence-corrected chi connectivity index (χ4v) is 3.81. The van der Waals surface area contributed by atoms with Crippen molar-refractivity contribution >= 4 is 22.9 Å². The third-order valence-electron chi connectivity index (χ3n) is 5.30. The van der Waals surface area contributed by atoms with Crippen molar-refractivity contribution in [2.75, 3.05) is 13.7 Å². The van der Waals surface area contributed by atoms with E-state index >= 15 is 0 Å². The Kier molecular flexibility index (Phi) is 7.63. The molecule has 2 amide bonds. The van der Waals surface area contributed by atoms with Crippen molar-refractivity contribution in [1.82, 2.24) is 15.2 Å². The van der Waals surface area contributed by atoms with Gasteiger partial charge in [-0.25, -0.2) is 4.79 Å². The fourth-order valence-electron chi connectivity index (χ4n) is 3.81. The predicted molar refractivity (Wildman–Crippen MR) is 129 cm³/mol. The van der Waals surface area contributed by atoms with E-state index in [1.165, 1.54) is 6.92 Å². The number of H-pyrrole nitrogens is 1. The molecule has 0 spiro atoms. The molecule has 0 bridgehead atoms. The number of methoxy groups -OCH3 is 1. The number of para-hydroxylation sites is 2. The summed E-state index contributed by atoms with van der Waals surface area (Å²) in [6, 6.07) is 15.3. The number of amides is 2. The number of fused-ring (bicyclic) bond motifs is 1. The van der Waals surface area contributed by atoms with Crippen LogP contribution in [0.2, 0.25) is 0 Å². The molecule has 176 valence electrons. The van der Waals surface area contributed by atoms with Gasteiger partial charge in [0.15, 0.2) is 0 Å². The van der Waals surface area contributed by atoms with Gasteiger partial charge in [-0.3, -0.25) is 4.79 Å². The van der Waals surface area contributed by atoms with Gasteiger partial charge in [-0.15, -0.1) is 0 Å². The normalized spacial score (nSPS) is 12.3. The Morgan fingerprint density at radius 1 is 1.06 bits per heavy atom. The molecule has 3 rings (SSSR count). The lowest BCUT2D eigenvalue weighted by molar-refractivity contribution is -0.129. The molecule has 0 fully saturated rings. The topological polar surface area (TPSA) is 83.7 Å². The maximum absolute atomic E-state index is 12.6. The van der Waals surface area contributed by atoms with Crippen LogP contribution in [0.1, 0.15) is 38.8 Å². The van der Waals surface area contributed by atoms with Gasteiger partial charge in [0.2, 0.25) is 5.91 Å². The maximum atomic E-state index is 12.6. The highest BCUT2D eigenvalue weighted by Crippen LogP contribution is 2.22. The van der Waals surface area contributed by atoms with E-state index in [2.05, 4.69) is 10.3 Å². The van der Waals surface area contributed by atoms with E-state index in [0.29, 0.717) is 19.5 Å². The third kappa shape index (κ3) is 6.75. The summed E-state index contributed by atoms with van der Waals surface area (Å²) >= 11 is 0. The molecule has 1 aromatic heterocycles. The van der Waals surface area contributed by atoms with Crippen LogP contribution < -0.4 is 10.1 Å². The molecule has 0 aliphatic heterocycles. The Morgan fingerprint density at radius 2 is 1.76 bits per heavy atom. The number of carbonyl (C=O) groups excluding carboxylic acids is 2. The second-order valence-electron chi connectivity index (χ2n) is 9.12. The molecule has 2 N–H and O–H groups in total. The number of hydrogen-bond donors (Lipinski definition) is 2. The van der Waals surface area contributed by atoms with Crippen LogP contribution in [0.3, 0.4) is 0 Å². The quantitative estimate of drug-likeness (QED) is 0.522. The molecule has 0 unspecified atom stereocenters. The van der Waals surface area contributed by atoms with Crippen molar-refractivity contribution < 1.29 is 19.1 Å². The fraction of sp³-hybridized carbons (Fsp3) is 0.385. The van der Waals surface area contributed by atoms with Crippen LogP contribution in [0.4, 0.5) is 4.79 Å². The summed E-state index contributed by atoms with van der Waals surface area (Å²) in [5, 5.41) is 4.07. The first-order valence-electron chi connectivity index (χ1n) is 11.1. The highest BCUT2D eigenvalue weighted by Gasteiger charge is 2.24. The van der Waals surface area contributed by atoms with Gasteiger partial charge in [-0.2, -0.15) is 0 Å². The highest BCUT2D eigenvalue weighted by atomic mass is 16.6. The van der Waals surface area contributed by atoms with Gasteiger partial charge in [-0.05, 0) is 44.9 Å². The molecule has 7 heteroatoms. The Hall–Kier alpha value is -3.48. The summed E-state index contributed by atoms with van der Waals surface area (Å²) in [6.45, 7) is 7.71. The molecule has 7 nitrogen and oxygen atoms in total. The summed E-state index contributed by atoms with van der Waals surface area (Å²) < 4.78 is 10.9. The average Bonchev–Trinajstić information content (AvgIpc) is 3.15. The molecular weight excluding hydrogens is 418 g/mol. The largest absolute Gasteiger partial charge is 0.496 e. The van der Waals surface area contributed by atoms with Gasteiger partial charge in [-0.1, -0.05) is 36.4 Å². The number of nitrogens with zero attached hydrogens (tertiary/aromatic N) is 1. The SMILES string of the molecule is COc1ccccc1CN(C[C@@H](Cc1c[nH]c2ccccc12)NC(=O)OC(C)(C)C)C(C)=O. The van der Waals surface area contributed by atoms with Crippen LogP contribution in [0.15, 0.2) is 54.7 Å². The van der Waals surface area contributed by atoms with Gasteiger partial charge in [0.05, 0.1) is 13.2 Å². The second kappa shape index (κ2) is 10.4. The summed E-state index contributed by atoms with van der Waals surface area (Å²) in [5.41, 5.74) is 2.37. The van der Waals surface area contributed by atoms with Crippen LogP contribution in [0.5, 0.6) is 5.75 Å². The molecule has 3 aromatic rings. The lowest BCUT2D eigenvalue weighted by atomic mass is 10.0. The van der Waals surface area contributed by atoms with Gasteiger partial charge in [0.1, 0.15) is 11.4 Å². The van der Waals surface area contributed by atoms with E-state index in [-0.39, 0.29) is 11.9 Å². The summed E-state index contributed by atoms with van der Waals surface area (Å²) in [5.74, 6) is 0.632. The summed E-state index contributed by atoms with van der Waals surface area (Å²) in [6.07, 6.45) is 1.99. The predicted octanol–water partition coefficient (Wildman–Crippen LogP) is 4.66. The minimum Gasteiger partial charge on any atom is -0.496 e. The van der Waals surface area contributed by atoms with E-state index in [1.807, 2.05) is 75.5 Å². The van der Waals surface area contributed by atoms with Crippen molar-refractivity contribution in [1.29, 1.82) is 0 Å². The van der Waals surface area contributed by atoms with Crippen LogP contribution in [0.25, 0.3) is 10.9 Å².